The maximum absolute atomic E-state index is 8.55. The van der Waals surface area contributed by atoms with Gasteiger partial charge in [0.1, 0.15) is 5.75 Å². The Kier molecular flexibility index (Phi) is 3.65. The molecule has 0 aliphatic rings. The van der Waals surface area contributed by atoms with Crippen LogP contribution in [0.4, 0.5) is 0 Å². The number of hydrogen-bond donors (Lipinski definition) is 2. The molecule has 0 aliphatic heterocycles. The first-order valence-electron chi connectivity index (χ1n) is 3.81. The Balaban J connectivity index is 2.83. The van der Waals surface area contributed by atoms with E-state index in [0.29, 0.717) is 5.75 Å². The monoisotopic (exact) mass is 198 g/mol. The maximum Gasteiger partial charge on any atom is 0.707 e. The topological polar surface area (TPSA) is 49.7 Å². The molecule has 2 N–H and O–H groups in total. The van der Waals surface area contributed by atoms with Crippen LogP contribution >= 0.6 is 11.8 Å². The molecule has 0 spiro atoms. The third-order valence-corrected chi connectivity index (χ3v) is 2.51. The van der Waals surface area contributed by atoms with Crippen molar-refractivity contribution in [1.29, 1.82) is 0 Å². The van der Waals surface area contributed by atoms with Gasteiger partial charge in [-0.05, 0) is 36.9 Å². The van der Waals surface area contributed by atoms with Crippen LogP contribution in [-0.2, 0) is 0 Å². The molecule has 0 aliphatic carbocycles. The van der Waals surface area contributed by atoms with E-state index in [-0.39, 0.29) is 0 Å². The molecule has 70 valence electrons. The normalized spacial score (nSPS) is 9.85. The standard InChI is InChI=1S/C8H11BO3S/c1-6-5-7(12-9(10)11)3-4-8(6)13-2/h3-5,10-11H,1-2H3. The van der Waals surface area contributed by atoms with Crippen LogP contribution in [0.3, 0.4) is 0 Å². The van der Waals surface area contributed by atoms with Gasteiger partial charge in [-0.25, -0.2) is 0 Å². The second-order valence-electron chi connectivity index (χ2n) is 2.58. The fourth-order valence-electron chi connectivity index (χ4n) is 1.05. The van der Waals surface area contributed by atoms with E-state index in [0.717, 1.165) is 10.5 Å². The number of aryl methyl sites for hydroxylation is 1. The number of benzene rings is 1. The molecule has 0 atom stereocenters. The quantitative estimate of drug-likeness (QED) is 0.563. The van der Waals surface area contributed by atoms with Crippen LogP contribution in [0.1, 0.15) is 5.56 Å². The van der Waals surface area contributed by atoms with Gasteiger partial charge in [-0.3, -0.25) is 0 Å². The second-order valence-corrected chi connectivity index (χ2v) is 3.42. The summed E-state index contributed by atoms with van der Waals surface area (Å²) in [5.41, 5.74) is 1.06. The average Bonchev–Trinajstić information content (AvgIpc) is 2.03. The first-order chi connectivity index (χ1) is 6.13. The molecule has 0 saturated carbocycles. The third kappa shape index (κ3) is 2.95. The molecule has 0 amide bonds. The van der Waals surface area contributed by atoms with E-state index in [1.54, 1.807) is 23.9 Å². The molecule has 0 bridgehead atoms. The molecule has 0 unspecified atom stereocenters. The summed E-state index contributed by atoms with van der Waals surface area (Å²) in [5, 5.41) is 17.1. The fraction of sp³-hybridized carbons (Fsp3) is 0.250. The highest BCUT2D eigenvalue weighted by atomic mass is 32.2. The van der Waals surface area contributed by atoms with Crippen molar-refractivity contribution in [3.05, 3.63) is 23.8 Å². The molecule has 0 saturated heterocycles. The van der Waals surface area contributed by atoms with Crippen molar-refractivity contribution >= 4 is 19.1 Å². The number of rotatable bonds is 3. The minimum Gasteiger partial charge on any atom is -0.512 e. The summed E-state index contributed by atoms with van der Waals surface area (Å²) < 4.78 is 4.70. The molecule has 3 nitrogen and oxygen atoms in total. The van der Waals surface area contributed by atoms with Crippen molar-refractivity contribution < 1.29 is 14.7 Å². The highest BCUT2D eigenvalue weighted by Crippen LogP contribution is 2.24. The Hall–Kier alpha value is -0.645. The molecule has 0 radical (unpaired) electrons. The van der Waals surface area contributed by atoms with E-state index >= 15 is 0 Å². The molecule has 1 aromatic carbocycles. The van der Waals surface area contributed by atoms with Gasteiger partial charge in [0.2, 0.25) is 0 Å². The van der Waals surface area contributed by atoms with Crippen LogP contribution < -0.4 is 4.65 Å². The van der Waals surface area contributed by atoms with Crippen LogP contribution in [0.15, 0.2) is 23.1 Å². The zero-order valence-corrected chi connectivity index (χ0v) is 8.34. The Morgan fingerprint density at radius 1 is 1.38 bits per heavy atom. The lowest BCUT2D eigenvalue weighted by molar-refractivity contribution is 0.288. The van der Waals surface area contributed by atoms with E-state index in [1.165, 1.54) is 0 Å². The Labute approximate surface area is 81.9 Å². The van der Waals surface area contributed by atoms with Gasteiger partial charge in [0.25, 0.3) is 0 Å². The minimum atomic E-state index is -1.75. The van der Waals surface area contributed by atoms with Gasteiger partial charge in [-0.15, -0.1) is 11.8 Å². The molecule has 1 aromatic rings. The lowest BCUT2D eigenvalue weighted by Gasteiger charge is -2.07. The summed E-state index contributed by atoms with van der Waals surface area (Å²) in [7, 11) is -1.75. The van der Waals surface area contributed by atoms with Crippen LogP contribution in [0, 0.1) is 6.92 Å². The maximum atomic E-state index is 8.55. The summed E-state index contributed by atoms with van der Waals surface area (Å²) in [6, 6.07) is 5.36. The van der Waals surface area contributed by atoms with Crippen molar-refractivity contribution in [2.75, 3.05) is 6.26 Å². The molecular weight excluding hydrogens is 187 g/mol. The van der Waals surface area contributed by atoms with E-state index < -0.39 is 7.32 Å². The molecule has 0 aromatic heterocycles. The zero-order valence-electron chi connectivity index (χ0n) is 7.52. The van der Waals surface area contributed by atoms with E-state index in [2.05, 4.69) is 0 Å². The van der Waals surface area contributed by atoms with Gasteiger partial charge in [0.05, 0.1) is 0 Å². The minimum absolute atomic E-state index is 0.463. The van der Waals surface area contributed by atoms with Gasteiger partial charge in [0, 0.05) is 4.90 Å². The Bertz CT molecular complexity index is 291. The van der Waals surface area contributed by atoms with E-state index in [4.69, 9.17) is 14.7 Å². The van der Waals surface area contributed by atoms with Crippen LogP contribution in [-0.4, -0.2) is 23.6 Å². The van der Waals surface area contributed by atoms with Gasteiger partial charge < -0.3 is 14.7 Å². The molecule has 0 heterocycles. The predicted molar refractivity (Wildman–Crippen MR) is 53.8 cm³/mol. The molecule has 5 heteroatoms. The predicted octanol–water partition coefficient (Wildman–Crippen LogP) is 1.07. The zero-order chi connectivity index (χ0) is 9.84. The van der Waals surface area contributed by atoms with Gasteiger partial charge in [-0.1, -0.05) is 0 Å². The Morgan fingerprint density at radius 2 is 2.08 bits per heavy atom. The molecule has 1 rings (SSSR count). The summed E-state index contributed by atoms with van der Waals surface area (Å²) in [6.45, 7) is 1.95. The van der Waals surface area contributed by atoms with Gasteiger partial charge in [0.15, 0.2) is 0 Å². The average molecular weight is 198 g/mol. The second kappa shape index (κ2) is 4.55. The van der Waals surface area contributed by atoms with Crippen molar-refractivity contribution in [2.24, 2.45) is 0 Å². The summed E-state index contributed by atoms with van der Waals surface area (Å²) >= 11 is 1.64. The fourth-order valence-corrected chi connectivity index (χ4v) is 1.63. The van der Waals surface area contributed by atoms with Crippen LogP contribution in [0.25, 0.3) is 0 Å². The number of thioether (sulfide) groups is 1. The number of hydrogen-bond acceptors (Lipinski definition) is 4. The summed E-state index contributed by atoms with van der Waals surface area (Å²) in [5.74, 6) is 0.463. The van der Waals surface area contributed by atoms with E-state index in [9.17, 15) is 0 Å². The largest absolute Gasteiger partial charge is 0.707 e. The molecule has 13 heavy (non-hydrogen) atoms. The SMILES string of the molecule is CSc1ccc(OB(O)O)cc1C. The Morgan fingerprint density at radius 3 is 2.54 bits per heavy atom. The van der Waals surface area contributed by atoms with E-state index in [1.807, 2.05) is 19.2 Å². The van der Waals surface area contributed by atoms with Crippen molar-refractivity contribution in [3.63, 3.8) is 0 Å². The van der Waals surface area contributed by atoms with Crippen LogP contribution in [0.2, 0.25) is 0 Å². The van der Waals surface area contributed by atoms with Gasteiger partial charge >= 0.3 is 7.32 Å². The van der Waals surface area contributed by atoms with Crippen molar-refractivity contribution in [3.8, 4) is 5.75 Å². The lowest BCUT2D eigenvalue weighted by atomic mass is 10.2. The molecular formula is C8H11BO3S. The smallest absolute Gasteiger partial charge is 0.512 e. The van der Waals surface area contributed by atoms with Crippen molar-refractivity contribution in [1.82, 2.24) is 0 Å². The summed E-state index contributed by atoms with van der Waals surface area (Å²) in [4.78, 5) is 1.15. The van der Waals surface area contributed by atoms with Crippen LogP contribution in [0.5, 0.6) is 5.75 Å². The summed E-state index contributed by atoms with van der Waals surface area (Å²) in [6.07, 6.45) is 1.99. The first-order valence-corrected chi connectivity index (χ1v) is 5.03. The highest BCUT2D eigenvalue weighted by Gasteiger charge is 2.11. The highest BCUT2D eigenvalue weighted by molar-refractivity contribution is 7.98. The molecule has 0 fully saturated rings. The van der Waals surface area contributed by atoms with Crippen molar-refractivity contribution in [2.45, 2.75) is 11.8 Å². The van der Waals surface area contributed by atoms with Gasteiger partial charge in [-0.2, -0.15) is 0 Å². The first kappa shape index (κ1) is 10.4. The third-order valence-electron chi connectivity index (χ3n) is 1.61. The lowest BCUT2D eigenvalue weighted by Crippen LogP contribution is -2.20.